The van der Waals surface area contributed by atoms with Gasteiger partial charge in [-0.25, -0.2) is 13.4 Å². The van der Waals surface area contributed by atoms with E-state index in [1.54, 1.807) is 16.4 Å². The van der Waals surface area contributed by atoms with Gasteiger partial charge in [-0.1, -0.05) is 0 Å². The number of ether oxygens (including phenoxy) is 1. The van der Waals surface area contributed by atoms with Crippen molar-refractivity contribution < 1.29 is 13.2 Å². The van der Waals surface area contributed by atoms with E-state index >= 15 is 0 Å². The molecule has 2 saturated heterocycles. The van der Waals surface area contributed by atoms with E-state index in [-0.39, 0.29) is 17.0 Å². The van der Waals surface area contributed by atoms with Crippen molar-refractivity contribution in [1.82, 2.24) is 14.6 Å². The lowest BCUT2D eigenvalue weighted by Crippen LogP contribution is -2.42. The maximum Gasteiger partial charge on any atom is 0.245 e. The highest BCUT2D eigenvalue weighted by Crippen LogP contribution is 2.33. The monoisotopic (exact) mass is 297 g/mol. The van der Waals surface area contributed by atoms with Gasteiger partial charge in [0.15, 0.2) is 0 Å². The van der Waals surface area contributed by atoms with Crippen molar-refractivity contribution in [2.45, 2.75) is 36.2 Å². The third kappa shape index (κ3) is 2.30. The van der Waals surface area contributed by atoms with Crippen LogP contribution in [0.25, 0.3) is 0 Å². The Morgan fingerprint density at radius 1 is 1.30 bits per heavy atom. The first-order valence-corrected chi connectivity index (χ1v) is 8.31. The highest BCUT2D eigenvalue weighted by molar-refractivity contribution is 7.89. The molecule has 2 fully saturated rings. The fraction of sp³-hybridized carbons (Fsp3) is 0.615. The van der Waals surface area contributed by atoms with Gasteiger partial charge in [0.05, 0.1) is 13.3 Å². The number of rotatable bonds is 3. The standard InChI is InChI=1S/C13H19N3O3S/c1-19-13-5-4-12(9-15-13)20(17,18)16-10-2-3-11(16)8-14-7-6-10/h4-5,9-11,14H,2-3,6-8H2,1H3. The molecule has 3 heterocycles. The number of methoxy groups -OCH3 is 1. The normalized spacial score (nSPS) is 27.2. The zero-order valence-corrected chi connectivity index (χ0v) is 12.3. The molecule has 1 aromatic rings. The van der Waals surface area contributed by atoms with E-state index in [0.29, 0.717) is 5.88 Å². The van der Waals surface area contributed by atoms with Gasteiger partial charge < -0.3 is 10.1 Å². The van der Waals surface area contributed by atoms with E-state index in [0.717, 1.165) is 32.4 Å². The summed E-state index contributed by atoms with van der Waals surface area (Å²) in [6, 6.07) is 3.33. The van der Waals surface area contributed by atoms with Gasteiger partial charge in [0.2, 0.25) is 15.9 Å². The van der Waals surface area contributed by atoms with Crippen LogP contribution in [0, 0.1) is 0 Å². The Morgan fingerprint density at radius 3 is 2.80 bits per heavy atom. The summed E-state index contributed by atoms with van der Waals surface area (Å²) in [5.41, 5.74) is 0. The minimum atomic E-state index is -3.47. The summed E-state index contributed by atoms with van der Waals surface area (Å²) in [4.78, 5) is 4.26. The number of aromatic nitrogens is 1. The van der Waals surface area contributed by atoms with E-state index in [2.05, 4.69) is 10.3 Å². The predicted molar refractivity (Wildman–Crippen MR) is 74.1 cm³/mol. The zero-order chi connectivity index (χ0) is 14.2. The molecule has 2 bridgehead atoms. The van der Waals surface area contributed by atoms with Crippen molar-refractivity contribution in [3.8, 4) is 5.88 Å². The molecule has 0 aliphatic carbocycles. The summed E-state index contributed by atoms with van der Waals surface area (Å²) in [6.07, 6.45) is 4.14. The van der Waals surface area contributed by atoms with Crippen molar-refractivity contribution in [2.75, 3.05) is 20.2 Å². The first kappa shape index (κ1) is 13.8. The Bertz CT molecular complexity index is 559. The second kappa shape index (κ2) is 5.31. The minimum absolute atomic E-state index is 0.0644. The van der Waals surface area contributed by atoms with Crippen molar-refractivity contribution in [1.29, 1.82) is 0 Å². The van der Waals surface area contributed by atoms with Gasteiger partial charge in [0, 0.05) is 24.7 Å². The van der Waals surface area contributed by atoms with Gasteiger partial charge >= 0.3 is 0 Å². The molecule has 7 heteroatoms. The maximum atomic E-state index is 12.8. The largest absolute Gasteiger partial charge is 0.481 e. The zero-order valence-electron chi connectivity index (χ0n) is 11.4. The second-order valence-corrected chi connectivity index (χ2v) is 7.09. The molecule has 20 heavy (non-hydrogen) atoms. The van der Waals surface area contributed by atoms with E-state index < -0.39 is 10.0 Å². The summed E-state index contributed by atoms with van der Waals surface area (Å²) in [6.45, 7) is 1.62. The molecule has 0 aromatic carbocycles. The number of nitrogens with zero attached hydrogens (tertiary/aromatic N) is 2. The number of hydrogen-bond donors (Lipinski definition) is 1. The molecule has 1 N–H and O–H groups in total. The lowest BCUT2D eigenvalue weighted by molar-refractivity contribution is 0.334. The van der Waals surface area contributed by atoms with Crippen molar-refractivity contribution >= 4 is 10.0 Å². The van der Waals surface area contributed by atoms with E-state index in [4.69, 9.17) is 4.74 Å². The smallest absolute Gasteiger partial charge is 0.245 e. The van der Waals surface area contributed by atoms with E-state index in [1.807, 2.05) is 0 Å². The molecule has 2 aliphatic rings. The van der Waals surface area contributed by atoms with Crippen molar-refractivity contribution in [3.05, 3.63) is 18.3 Å². The Labute approximate surface area is 119 Å². The van der Waals surface area contributed by atoms with Crippen LogP contribution in [-0.2, 0) is 10.0 Å². The van der Waals surface area contributed by atoms with Crippen molar-refractivity contribution in [3.63, 3.8) is 0 Å². The van der Waals surface area contributed by atoms with Crippen LogP contribution in [0.15, 0.2) is 23.2 Å². The first-order valence-electron chi connectivity index (χ1n) is 6.87. The summed E-state index contributed by atoms with van der Waals surface area (Å²) >= 11 is 0. The van der Waals surface area contributed by atoms with Crippen LogP contribution in [0.3, 0.4) is 0 Å². The Balaban J connectivity index is 1.94. The number of nitrogens with one attached hydrogen (secondary N) is 1. The molecule has 0 spiro atoms. The van der Waals surface area contributed by atoms with E-state index in [9.17, 15) is 8.42 Å². The summed E-state index contributed by atoms with van der Waals surface area (Å²) in [5.74, 6) is 0.421. The van der Waals surface area contributed by atoms with Crippen LogP contribution >= 0.6 is 0 Å². The van der Waals surface area contributed by atoms with Gasteiger partial charge in [-0.2, -0.15) is 4.31 Å². The van der Waals surface area contributed by atoms with Crippen LogP contribution in [0.1, 0.15) is 19.3 Å². The Morgan fingerprint density at radius 2 is 2.10 bits per heavy atom. The van der Waals surface area contributed by atoms with Gasteiger partial charge in [-0.05, 0) is 31.9 Å². The summed E-state index contributed by atoms with van der Waals surface area (Å²) < 4.78 is 32.3. The number of hydrogen-bond acceptors (Lipinski definition) is 5. The molecular formula is C13H19N3O3S. The molecule has 1 aromatic heterocycles. The van der Waals surface area contributed by atoms with Crippen LogP contribution in [0.5, 0.6) is 5.88 Å². The number of sulfonamides is 1. The van der Waals surface area contributed by atoms with Crippen LogP contribution in [-0.4, -0.2) is 50.0 Å². The average Bonchev–Trinajstić information content (AvgIpc) is 2.73. The fourth-order valence-electron chi connectivity index (χ4n) is 3.09. The van der Waals surface area contributed by atoms with Crippen molar-refractivity contribution in [2.24, 2.45) is 0 Å². The van der Waals surface area contributed by atoms with Gasteiger partial charge in [-0.15, -0.1) is 0 Å². The average molecular weight is 297 g/mol. The van der Waals surface area contributed by atoms with Crippen LogP contribution in [0.2, 0.25) is 0 Å². The molecule has 6 nitrogen and oxygen atoms in total. The topological polar surface area (TPSA) is 71.5 Å². The number of pyridine rings is 1. The lowest BCUT2D eigenvalue weighted by Gasteiger charge is -2.26. The second-order valence-electron chi connectivity index (χ2n) is 5.25. The molecule has 110 valence electrons. The third-order valence-corrected chi connectivity index (χ3v) is 6.07. The Kier molecular flexibility index (Phi) is 3.66. The SMILES string of the molecule is COc1ccc(S(=O)(=O)N2C3CCNCC2CC3)cn1. The molecule has 0 radical (unpaired) electrons. The highest BCUT2D eigenvalue weighted by atomic mass is 32.2. The van der Waals surface area contributed by atoms with Crippen LogP contribution < -0.4 is 10.1 Å². The van der Waals surface area contributed by atoms with Gasteiger partial charge in [-0.3, -0.25) is 0 Å². The highest BCUT2D eigenvalue weighted by Gasteiger charge is 2.43. The summed E-state index contributed by atoms with van der Waals surface area (Å²) in [5, 5.41) is 3.31. The quantitative estimate of drug-likeness (QED) is 0.885. The number of fused-ring (bicyclic) bond motifs is 2. The predicted octanol–water partition coefficient (Wildman–Crippen LogP) is 0.605. The maximum absolute atomic E-state index is 12.8. The fourth-order valence-corrected chi connectivity index (χ4v) is 4.94. The van der Waals surface area contributed by atoms with Crippen LogP contribution in [0.4, 0.5) is 0 Å². The summed E-state index contributed by atoms with van der Waals surface area (Å²) in [7, 11) is -1.96. The molecule has 0 saturated carbocycles. The molecule has 2 aliphatic heterocycles. The molecular weight excluding hydrogens is 278 g/mol. The van der Waals surface area contributed by atoms with Gasteiger partial charge in [0.1, 0.15) is 4.90 Å². The van der Waals surface area contributed by atoms with Gasteiger partial charge in [0.25, 0.3) is 0 Å². The first-order chi connectivity index (χ1) is 9.63. The third-order valence-electron chi connectivity index (χ3n) is 4.08. The van der Waals surface area contributed by atoms with E-state index in [1.165, 1.54) is 13.3 Å². The Hall–Kier alpha value is -1.18. The molecule has 2 atom stereocenters. The molecule has 3 rings (SSSR count). The molecule has 2 unspecified atom stereocenters. The minimum Gasteiger partial charge on any atom is -0.481 e. The molecule has 0 amide bonds. The lowest BCUT2D eigenvalue weighted by atomic mass is 10.1.